The molecule has 3 rings (SSSR count). The highest BCUT2D eigenvalue weighted by Crippen LogP contribution is 2.20. The van der Waals surface area contributed by atoms with Crippen LogP contribution in [0.3, 0.4) is 0 Å². The molecule has 2 aromatic rings. The highest BCUT2D eigenvalue weighted by Gasteiger charge is 2.30. The molecule has 0 N–H and O–H groups in total. The summed E-state index contributed by atoms with van der Waals surface area (Å²) in [6, 6.07) is 10.5. The van der Waals surface area contributed by atoms with Gasteiger partial charge in [-0.15, -0.1) is 0 Å². The summed E-state index contributed by atoms with van der Waals surface area (Å²) in [5.41, 5.74) is 0.674. The lowest BCUT2D eigenvalue weighted by atomic mass is 10.0. The number of hydrogen-bond acceptors (Lipinski definition) is 5. The van der Waals surface area contributed by atoms with Gasteiger partial charge < -0.3 is 19.9 Å². The first-order chi connectivity index (χ1) is 14.0. The summed E-state index contributed by atoms with van der Waals surface area (Å²) in [7, 11) is 0. The number of carbonyl (C=O) groups excluding carboxylic acids is 2. The molecule has 9 heteroatoms. The lowest BCUT2D eigenvalue weighted by molar-refractivity contribution is -0.389. The molecule has 29 heavy (non-hydrogen) atoms. The van der Waals surface area contributed by atoms with Crippen molar-refractivity contribution in [2.24, 2.45) is 0 Å². The van der Waals surface area contributed by atoms with Crippen LogP contribution in [-0.4, -0.2) is 62.0 Å². The molecule has 154 valence electrons. The molecule has 0 radical (unpaired) electrons. The summed E-state index contributed by atoms with van der Waals surface area (Å²) in [5, 5.41) is 14.6. The maximum Gasteiger partial charge on any atom is 0.389 e. The van der Waals surface area contributed by atoms with Crippen LogP contribution in [0, 0.1) is 10.1 Å². The van der Waals surface area contributed by atoms with Gasteiger partial charge >= 0.3 is 5.82 Å². The van der Waals surface area contributed by atoms with Crippen LogP contribution in [0.5, 0.6) is 0 Å². The normalized spacial score (nSPS) is 14.6. The number of carbonyl (C=O) groups is 2. The minimum Gasteiger partial charge on any atom is -0.358 e. The van der Waals surface area contributed by atoms with Crippen LogP contribution in [0.25, 0.3) is 0 Å². The molecule has 0 spiro atoms. The number of amides is 2. The summed E-state index contributed by atoms with van der Waals surface area (Å²) in [5.74, 6) is -0.369. The lowest BCUT2D eigenvalue weighted by Gasteiger charge is -2.38. The average molecular weight is 399 g/mol. The van der Waals surface area contributed by atoms with E-state index in [0.717, 1.165) is 6.42 Å². The van der Waals surface area contributed by atoms with Gasteiger partial charge in [-0.2, -0.15) is 4.68 Å². The van der Waals surface area contributed by atoms with E-state index in [1.807, 2.05) is 47.1 Å². The topological polar surface area (TPSA) is 102 Å². The predicted molar refractivity (Wildman–Crippen MR) is 106 cm³/mol. The van der Waals surface area contributed by atoms with Crippen LogP contribution in [0.2, 0.25) is 0 Å². The van der Waals surface area contributed by atoms with E-state index in [4.69, 9.17) is 0 Å². The first-order valence-corrected chi connectivity index (χ1v) is 9.81. The van der Waals surface area contributed by atoms with E-state index in [2.05, 4.69) is 5.10 Å². The molecule has 0 bridgehead atoms. The van der Waals surface area contributed by atoms with E-state index < -0.39 is 4.92 Å². The van der Waals surface area contributed by atoms with Crippen LogP contribution < -0.4 is 0 Å². The Labute approximate surface area is 169 Å². The van der Waals surface area contributed by atoms with Crippen molar-refractivity contribution in [3.8, 4) is 0 Å². The van der Waals surface area contributed by atoms with Crippen LogP contribution in [0.4, 0.5) is 5.82 Å². The van der Waals surface area contributed by atoms with Crippen molar-refractivity contribution in [2.75, 3.05) is 19.6 Å². The summed E-state index contributed by atoms with van der Waals surface area (Å²) >= 11 is 0. The van der Waals surface area contributed by atoms with Gasteiger partial charge in [0, 0.05) is 31.2 Å². The van der Waals surface area contributed by atoms with Crippen LogP contribution in [0.1, 0.15) is 36.5 Å². The number of benzene rings is 1. The van der Waals surface area contributed by atoms with Gasteiger partial charge in [-0.25, -0.2) is 0 Å². The molecule has 1 aromatic carbocycles. The van der Waals surface area contributed by atoms with Gasteiger partial charge in [-0.3, -0.25) is 9.59 Å². The van der Waals surface area contributed by atoms with Crippen molar-refractivity contribution in [3.05, 3.63) is 58.3 Å². The molecular weight excluding hydrogens is 374 g/mol. The molecule has 2 heterocycles. The Bertz CT molecular complexity index is 859. The van der Waals surface area contributed by atoms with Gasteiger partial charge in [0.2, 0.25) is 5.91 Å². The van der Waals surface area contributed by atoms with Crippen LogP contribution in [0.15, 0.2) is 42.6 Å². The zero-order chi connectivity index (χ0) is 20.8. The van der Waals surface area contributed by atoms with Gasteiger partial charge in [0.05, 0.1) is 17.4 Å². The SMILES string of the molecule is CCCN(C(=O)Cn1ccc([N+](=O)[O-])n1)C1CCN(C(=O)c2ccccc2)CC1. The number of piperidine rings is 1. The molecule has 9 nitrogen and oxygen atoms in total. The summed E-state index contributed by atoms with van der Waals surface area (Å²) in [6.07, 6.45) is 3.68. The fraction of sp³-hybridized carbons (Fsp3) is 0.450. The van der Waals surface area contributed by atoms with Crippen molar-refractivity contribution in [3.63, 3.8) is 0 Å². The van der Waals surface area contributed by atoms with E-state index in [0.29, 0.717) is 38.0 Å². The Morgan fingerprint density at radius 1 is 1.21 bits per heavy atom. The van der Waals surface area contributed by atoms with Gasteiger partial charge in [0.1, 0.15) is 6.54 Å². The van der Waals surface area contributed by atoms with Crippen molar-refractivity contribution in [2.45, 2.75) is 38.8 Å². The minimum absolute atomic E-state index is 0.0151. The van der Waals surface area contributed by atoms with E-state index >= 15 is 0 Å². The standard InChI is InChI=1S/C20H25N5O4/c1-2-11-24(19(26)15-23-14-10-18(21-23)25(28)29)17-8-12-22(13-9-17)20(27)16-6-4-3-5-7-16/h3-7,10,14,17H,2,8-9,11-13,15H2,1H3. The largest absolute Gasteiger partial charge is 0.389 e. The molecule has 1 aliphatic heterocycles. The third-order valence-electron chi connectivity index (χ3n) is 5.11. The second kappa shape index (κ2) is 9.31. The number of hydrogen-bond donors (Lipinski definition) is 0. The van der Waals surface area contributed by atoms with Gasteiger partial charge in [0.15, 0.2) is 0 Å². The first kappa shape index (κ1) is 20.5. The fourth-order valence-corrected chi connectivity index (χ4v) is 3.66. The smallest absolute Gasteiger partial charge is 0.358 e. The average Bonchev–Trinajstić information content (AvgIpc) is 3.21. The van der Waals surface area contributed by atoms with Crippen molar-refractivity contribution in [1.82, 2.24) is 19.6 Å². The van der Waals surface area contributed by atoms with Gasteiger partial charge in [0.25, 0.3) is 5.91 Å². The first-order valence-electron chi connectivity index (χ1n) is 9.81. The molecule has 1 aliphatic rings. The molecule has 0 atom stereocenters. The highest BCUT2D eigenvalue weighted by atomic mass is 16.6. The Hall–Kier alpha value is -3.23. The quantitative estimate of drug-likeness (QED) is 0.525. The van der Waals surface area contributed by atoms with Crippen LogP contribution >= 0.6 is 0 Å². The molecule has 2 amide bonds. The van der Waals surface area contributed by atoms with Crippen molar-refractivity contribution >= 4 is 17.6 Å². The Balaban J connectivity index is 1.60. The molecule has 1 aromatic heterocycles. The summed E-state index contributed by atoms with van der Waals surface area (Å²) < 4.78 is 1.30. The van der Waals surface area contributed by atoms with Crippen LogP contribution in [-0.2, 0) is 11.3 Å². The van der Waals surface area contributed by atoms with E-state index in [9.17, 15) is 19.7 Å². The van der Waals surface area contributed by atoms with E-state index in [1.165, 1.54) is 16.9 Å². The third kappa shape index (κ3) is 4.98. The number of nitro groups is 1. The number of nitrogens with zero attached hydrogens (tertiary/aromatic N) is 5. The zero-order valence-electron chi connectivity index (χ0n) is 16.4. The Morgan fingerprint density at radius 3 is 2.48 bits per heavy atom. The molecule has 0 aliphatic carbocycles. The molecule has 0 unspecified atom stereocenters. The highest BCUT2D eigenvalue weighted by molar-refractivity contribution is 5.94. The molecule has 0 saturated carbocycles. The van der Waals surface area contributed by atoms with E-state index in [1.54, 1.807) is 0 Å². The molecular formula is C20H25N5O4. The monoisotopic (exact) mass is 399 g/mol. The number of likely N-dealkylation sites (tertiary alicyclic amines) is 1. The molecule has 1 fully saturated rings. The van der Waals surface area contributed by atoms with Crippen molar-refractivity contribution < 1.29 is 14.5 Å². The maximum absolute atomic E-state index is 12.8. The third-order valence-corrected chi connectivity index (χ3v) is 5.11. The lowest BCUT2D eigenvalue weighted by Crippen LogP contribution is -2.49. The minimum atomic E-state index is -0.579. The predicted octanol–water partition coefficient (Wildman–Crippen LogP) is 2.33. The fourth-order valence-electron chi connectivity index (χ4n) is 3.66. The number of rotatable bonds is 7. The summed E-state index contributed by atoms with van der Waals surface area (Å²) in [4.78, 5) is 39.3. The second-order valence-corrected chi connectivity index (χ2v) is 7.11. The second-order valence-electron chi connectivity index (χ2n) is 7.11. The zero-order valence-corrected chi connectivity index (χ0v) is 16.4. The Morgan fingerprint density at radius 2 is 1.90 bits per heavy atom. The van der Waals surface area contributed by atoms with E-state index in [-0.39, 0.29) is 30.2 Å². The molecule has 1 saturated heterocycles. The summed E-state index contributed by atoms with van der Waals surface area (Å²) in [6.45, 7) is 3.78. The Kier molecular flexibility index (Phi) is 6.58. The number of aromatic nitrogens is 2. The van der Waals surface area contributed by atoms with Gasteiger partial charge in [-0.1, -0.05) is 25.1 Å². The van der Waals surface area contributed by atoms with Gasteiger partial charge in [-0.05, 0) is 36.3 Å². The van der Waals surface area contributed by atoms with Crippen molar-refractivity contribution in [1.29, 1.82) is 0 Å². The maximum atomic E-state index is 12.8.